The van der Waals surface area contributed by atoms with Gasteiger partial charge in [-0.15, -0.1) is 10.2 Å². The lowest BCUT2D eigenvalue weighted by atomic mass is 10.2. The molecule has 1 amide bonds. The molecule has 1 N–H and O–H groups in total. The van der Waals surface area contributed by atoms with Crippen LogP contribution in [0, 0.1) is 0 Å². The van der Waals surface area contributed by atoms with E-state index >= 15 is 0 Å². The molecule has 0 spiro atoms. The molecule has 3 heterocycles. The van der Waals surface area contributed by atoms with Crippen molar-refractivity contribution in [3.63, 3.8) is 0 Å². The van der Waals surface area contributed by atoms with Crippen LogP contribution in [0.1, 0.15) is 40.5 Å². The lowest BCUT2D eigenvalue weighted by molar-refractivity contribution is 0.0937. The summed E-state index contributed by atoms with van der Waals surface area (Å²) >= 11 is 6.48. The van der Waals surface area contributed by atoms with Crippen molar-refractivity contribution in [2.24, 2.45) is 0 Å². The Bertz CT molecular complexity index is 1210. The molecular formula is C24H26ClN5O4. The number of carbonyl (C=O) groups is 1. The molecule has 0 fully saturated rings. The van der Waals surface area contributed by atoms with Crippen LogP contribution in [0.2, 0.25) is 5.02 Å². The van der Waals surface area contributed by atoms with E-state index in [1.54, 1.807) is 31.4 Å². The van der Waals surface area contributed by atoms with E-state index in [1.165, 1.54) is 0 Å². The number of ether oxygens (including phenoxy) is 3. The monoisotopic (exact) mass is 483 g/mol. The third kappa shape index (κ3) is 4.53. The SMILES string of the molecule is COc1cccc(C(=O)N[C@@H](C)c2nnc3n2CCN(Cc2cc4c(cc2Cl)OCO4)CC3)c1. The normalized spacial score (nSPS) is 16.0. The number of aromatic nitrogens is 3. The molecule has 0 saturated carbocycles. The van der Waals surface area contributed by atoms with Gasteiger partial charge >= 0.3 is 0 Å². The number of nitrogens with zero attached hydrogens (tertiary/aromatic N) is 4. The van der Waals surface area contributed by atoms with Crippen LogP contribution < -0.4 is 19.5 Å². The van der Waals surface area contributed by atoms with Gasteiger partial charge in [0.15, 0.2) is 17.3 Å². The van der Waals surface area contributed by atoms with Gasteiger partial charge in [-0.3, -0.25) is 9.69 Å². The first-order chi connectivity index (χ1) is 16.5. The van der Waals surface area contributed by atoms with E-state index in [2.05, 4.69) is 25.0 Å². The Morgan fingerprint density at radius 3 is 2.82 bits per heavy atom. The number of carbonyl (C=O) groups excluding carboxylic acids is 1. The van der Waals surface area contributed by atoms with Gasteiger partial charge in [0.05, 0.1) is 13.2 Å². The summed E-state index contributed by atoms with van der Waals surface area (Å²) in [6, 6.07) is 10.5. The summed E-state index contributed by atoms with van der Waals surface area (Å²) in [4.78, 5) is 15.1. The summed E-state index contributed by atoms with van der Waals surface area (Å²) < 4.78 is 18.2. The van der Waals surface area contributed by atoms with Crippen molar-refractivity contribution < 1.29 is 19.0 Å². The Morgan fingerprint density at radius 2 is 2.00 bits per heavy atom. The third-order valence-corrected chi connectivity index (χ3v) is 6.50. The largest absolute Gasteiger partial charge is 0.497 e. The Hall–Kier alpha value is -3.30. The molecule has 0 unspecified atom stereocenters. The molecule has 2 aromatic carbocycles. The molecule has 3 aromatic rings. The number of nitrogens with one attached hydrogen (secondary N) is 1. The highest BCUT2D eigenvalue weighted by Crippen LogP contribution is 2.37. The van der Waals surface area contributed by atoms with Gasteiger partial charge in [-0.25, -0.2) is 0 Å². The van der Waals surface area contributed by atoms with Gasteiger partial charge < -0.3 is 24.1 Å². The minimum absolute atomic E-state index is 0.184. The Morgan fingerprint density at radius 1 is 1.18 bits per heavy atom. The molecule has 0 saturated heterocycles. The molecule has 2 aliphatic rings. The van der Waals surface area contributed by atoms with Crippen molar-refractivity contribution in [2.75, 3.05) is 27.0 Å². The molecule has 34 heavy (non-hydrogen) atoms. The molecule has 9 nitrogen and oxygen atoms in total. The van der Waals surface area contributed by atoms with Crippen LogP contribution in [-0.2, 0) is 19.5 Å². The maximum Gasteiger partial charge on any atom is 0.251 e. The molecule has 5 rings (SSSR count). The fourth-order valence-electron chi connectivity index (χ4n) is 4.30. The van der Waals surface area contributed by atoms with E-state index < -0.39 is 0 Å². The van der Waals surface area contributed by atoms with Gasteiger partial charge in [0.1, 0.15) is 11.6 Å². The predicted molar refractivity (Wildman–Crippen MR) is 125 cm³/mol. The third-order valence-electron chi connectivity index (χ3n) is 6.15. The molecular weight excluding hydrogens is 458 g/mol. The number of hydrogen-bond donors (Lipinski definition) is 1. The Balaban J connectivity index is 1.25. The van der Waals surface area contributed by atoms with Crippen molar-refractivity contribution in [1.29, 1.82) is 0 Å². The molecule has 1 aromatic heterocycles. The van der Waals surface area contributed by atoms with E-state index in [1.807, 2.05) is 19.1 Å². The van der Waals surface area contributed by atoms with Gasteiger partial charge in [-0.05, 0) is 36.8 Å². The van der Waals surface area contributed by atoms with Gasteiger partial charge in [0.2, 0.25) is 6.79 Å². The summed E-state index contributed by atoms with van der Waals surface area (Å²) in [6.45, 7) is 5.20. The quantitative estimate of drug-likeness (QED) is 0.575. The zero-order valence-electron chi connectivity index (χ0n) is 19.1. The van der Waals surface area contributed by atoms with Gasteiger partial charge in [0.25, 0.3) is 5.91 Å². The van der Waals surface area contributed by atoms with Gasteiger partial charge in [0, 0.05) is 49.3 Å². The highest BCUT2D eigenvalue weighted by atomic mass is 35.5. The zero-order chi connectivity index (χ0) is 23.7. The standard InChI is InChI=1S/C24H26ClN5O4/c1-15(26-24(31)16-4-3-5-18(10-16)32-2)23-28-27-22-6-7-29(8-9-30(22)23)13-17-11-20-21(12-19(17)25)34-14-33-20/h3-5,10-12,15H,6-9,13-14H2,1-2H3,(H,26,31)/t15-/m0/s1. The van der Waals surface area contributed by atoms with E-state index in [9.17, 15) is 4.79 Å². The van der Waals surface area contributed by atoms with Crippen LogP contribution in [-0.4, -0.2) is 52.6 Å². The van der Waals surface area contributed by atoms with Crippen LogP contribution in [0.25, 0.3) is 0 Å². The first-order valence-electron chi connectivity index (χ1n) is 11.2. The molecule has 0 aliphatic carbocycles. The Kier molecular flexibility index (Phi) is 6.30. The molecule has 1 atom stereocenters. The summed E-state index contributed by atoms with van der Waals surface area (Å²) in [5.41, 5.74) is 1.54. The lowest BCUT2D eigenvalue weighted by Gasteiger charge is -2.21. The molecule has 10 heteroatoms. The van der Waals surface area contributed by atoms with Crippen LogP contribution in [0.5, 0.6) is 17.2 Å². The number of amides is 1. The number of halogens is 1. The maximum atomic E-state index is 12.8. The van der Waals surface area contributed by atoms with Crippen LogP contribution in [0.3, 0.4) is 0 Å². The first kappa shape index (κ1) is 22.5. The average molecular weight is 484 g/mol. The number of fused-ring (bicyclic) bond motifs is 2. The Labute approximate surface area is 202 Å². The van der Waals surface area contributed by atoms with E-state index in [-0.39, 0.29) is 18.7 Å². The minimum atomic E-state index is -0.296. The fourth-order valence-corrected chi connectivity index (χ4v) is 4.51. The molecule has 0 bridgehead atoms. The van der Waals surface area contributed by atoms with Gasteiger partial charge in [-0.1, -0.05) is 17.7 Å². The van der Waals surface area contributed by atoms with Crippen LogP contribution in [0.15, 0.2) is 36.4 Å². The van der Waals surface area contributed by atoms with Crippen molar-refractivity contribution in [2.45, 2.75) is 32.5 Å². The van der Waals surface area contributed by atoms with E-state index in [0.29, 0.717) is 28.6 Å². The lowest BCUT2D eigenvalue weighted by Crippen LogP contribution is -2.30. The van der Waals surface area contributed by atoms with Crippen molar-refractivity contribution >= 4 is 17.5 Å². The second-order valence-electron chi connectivity index (χ2n) is 8.38. The van der Waals surface area contributed by atoms with Crippen LogP contribution >= 0.6 is 11.6 Å². The maximum absolute atomic E-state index is 12.8. The second-order valence-corrected chi connectivity index (χ2v) is 8.78. The van der Waals surface area contributed by atoms with Gasteiger partial charge in [-0.2, -0.15) is 0 Å². The second kappa shape index (κ2) is 9.52. The summed E-state index contributed by atoms with van der Waals surface area (Å²) in [7, 11) is 1.58. The number of benzene rings is 2. The average Bonchev–Trinajstić information content (AvgIpc) is 3.42. The number of methoxy groups -OCH3 is 1. The predicted octanol–water partition coefficient (Wildman–Crippen LogP) is 3.22. The molecule has 2 aliphatic heterocycles. The zero-order valence-corrected chi connectivity index (χ0v) is 19.8. The molecule has 0 radical (unpaired) electrons. The summed E-state index contributed by atoms with van der Waals surface area (Å²) in [5.74, 6) is 3.53. The van der Waals surface area contributed by atoms with Crippen molar-refractivity contribution in [3.05, 3.63) is 64.2 Å². The van der Waals surface area contributed by atoms with Crippen LogP contribution in [0.4, 0.5) is 0 Å². The fraction of sp³-hybridized carbons (Fsp3) is 0.375. The highest BCUT2D eigenvalue weighted by Gasteiger charge is 2.24. The van der Waals surface area contributed by atoms with E-state index in [0.717, 1.165) is 49.0 Å². The summed E-state index contributed by atoms with van der Waals surface area (Å²) in [5, 5.41) is 12.5. The molecule has 178 valence electrons. The van der Waals surface area contributed by atoms with Crippen molar-refractivity contribution in [3.8, 4) is 17.2 Å². The van der Waals surface area contributed by atoms with E-state index in [4.69, 9.17) is 25.8 Å². The number of hydrogen-bond acceptors (Lipinski definition) is 7. The summed E-state index contributed by atoms with van der Waals surface area (Å²) in [6.07, 6.45) is 0.756. The van der Waals surface area contributed by atoms with Crippen molar-refractivity contribution in [1.82, 2.24) is 25.0 Å². The topological polar surface area (TPSA) is 90.7 Å². The first-order valence-corrected chi connectivity index (χ1v) is 11.6. The minimum Gasteiger partial charge on any atom is -0.497 e. The highest BCUT2D eigenvalue weighted by molar-refractivity contribution is 6.31. The number of rotatable bonds is 6. The smallest absolute Gasteiger partial charge is 0.251 e.